The molecule has 0 saturated heterocycles. The minimum Gasteiger partial charge on any atom is -0.504 e. The fourth-order valence-electron chi connectivity index (χ4n) is 3.73. The van der Waals surface area contributed by atoms with Gasteiger partial charge >= 0.3 is 6.18 Å². The molecule has 168 valence electrons. The van der Waals surface area contributed by atoms with Gasteiger partial charge in [-0.05, 0) is 12.8 Å². The molecule has 11 heteroatoms. The number of hydrogen-bond acceptors (Lipinski definition) is 6. The number of nitrogens with one attached hydrogen (secondary N) is 1. The number of carbonyl (C=O) groups excluding carboxylic acids is 1. The highest BCUT2D eigenvalue weighted by atomic mass is 19.4. The third-order valence-electron chi connectivity index (χ3n) is 5.68. The smallest absolute Gasteiger partial charge is 0.403 e. The highest BCUT2D eigenvalue weighted by molar-refractivity contribution is 6.00. The molecule has 0 unspecified atom stereocenters. The van der Waals surface area contributed by atoms with Crippen molar-refractivity contribution in [2.45, 2.75) is 19.0 Å². The van der Waals surface area contributed by atoms with Gasteiger partial charge in [0, 0.05) is 30.4 Å². The molecule has 0 bridgehead atoms. The van der Waals surface area contributed by atoms with Crippen LogP contribution in [0.15, 0.2) is 48.9 Å². The first-order chi connectivity index (χ1) is 15.7. The summed E-state index contributed by atoms with van der Waals surface area (Å²) in [7, 11) is 1.75. The second-order valence-corrected chi connectivity index (χ2v) is 7.91. The Labute approximate surface area is 185 Å². The zero-order valence-corrected chi connectivity index (χ0v) is 17.3. The highest BCUT2D eigenvalue weighted by Crippen LogP contribution is 2.58. The number of benzene rings is 1. The maximum absolute atomic E-state index is 13.3. The number of aromatic hydroxyl groups is 1. The van der Waals surface area contributed by atoms with E-state index in [0.717, 1.165) is 5.56 Å². The number of alkyl halides is 3. The second-order valence-electron chi connectivity index (χ2n) is 7.91. The largest absolute Gasteiger partial charge is 0.504 e. The number of fused-ring (bicyclic) bond motifs is 1. The summed E-state index contributed by atoms with van der Waals surface area (Å²) < 4.78 is 41.6. The highest BCUT2D eigenvalue weighted by Gasteiger charge is 2.68. The van der Waals surface area contributed by atoms with Gasteiger partial charge in [0.05, 0.1) is 5.52 Å². The van der Waals surface area contributed by atoms with Crippen LogP contribution in [-0.4, -0.2) is 41.9 Å². The molecule has 8 nitrogen and oxygen atoms in total. The Hall–Kier alpha value is -4.02. The molecule has 3 heterocycles. The summed E-state index contributed by atoms with van der Waals surface area (Å²) in [6.07, 6.45) is -2.26. The van der Waals surface area contributed by atoms with E-state index in [-0.39, 0.29) is 29.7 Å². The molecule has 5 rings (SSSR count). The number of carbonyl (C=O) groups is 1. The van der Waals surface area contributed by atoms with Crippen LogP contribution in [0.25, 0.3) is 33.5 Å². The molecule has 1 saturated carbocycles. The molecular weight excluding hydrogens is 437 g/mol. The van der Waals surface area contributed by atoms with Crippen molar-refractivity contribution in [2.75, 3.05) is 5.32 Å². The summed E-state index contributed by atoms with van der Waals surface area (Å²) in [5.41, 5.74) is 0.430. The van der Waals surface area contributed by atoms with Gasteiger partial charge < -0.3 is 10.4 Å². The number of hydrogen-bond donors (Lipinski definition) is 2. The Bertz CT molecular complexity index is 1380. The molecule has 0 atom stereocenters. The van der Waals surface area contributed by atoms with E-state index in [1.165, 1.54) is 12.4 Å². The summed E-state index contributed by atoms with van der Waals surface area (Å²) in [6.45, 7) is 0. The van der Waals surface area contributed by atoms with E-state index in [4.69, 9.17) is 0 Å². The van der Waals surface area contributed by atoms with Gasteiger partial charge in [-0.3, -0.25) is 9.48 Å². The summed E-state index contributed by atoms with van der Waals surface area (Å²) in [5.74, 6) is -2.13. The van der Waals surface area contributed by atoms with Gasteiger partial charge in [0.25, 0.3) is 0 Å². The predicted octanol–water partition coefficient (Wildman–Crippen LogP) is 4.08. The van der Waals surface area contributed by atoms with Crippen molar-refractivity contribution in [3.8, 4) is 28.3 Å². The van der Waals surface area contributed by atoms with Crippen LogP contribution in [0.3, 0.4) is 0 Å². The van der Waals surface area contributed by atoms with Crippen molar-refractivity contribution in [1.29, 1.82) is 0 Å². The lowest BCUT2D eigenvalue weighted by atomic mass is 10.0. The Morgan fingerprint density at radius 3 is 2.55 bits per heavy atom. The normalized spacial score (nSPS) is 14.9. The van der Waals surface area contributed by atoms with Gasteiger partial charge in [-0.25, -0.2) is 15.0 Å². The second kappa shape index (κ2) is 7.26. The van der Waals surface area contributed by atoms with E-state index in [9.17, 15) is 23.1 Å². The summed E-state index contributed by atoms with van der Waals surface area (Å²) in [6, 6.07) is 10.6. The average Bonchev–Trinajstić information content (AvgIpc) is 3.52. The zero-order valence-electron chi connectivity index (χ0n) is 17.3. The van der Waals surface area contributed by atoms with Gasteiger partial charge in [0.2, 0.25) is 5.91 Å². The summed E-state index contributed by atoms with van der Waals surface area (Å²) >= 11 is 0. The SMILES string of the molecule is Cn1cc(-c2ncnc3cc(O)c(NC(=O)C4(C(F)(F)F)CC4)nc23)c(-c2ccccc2)n1. The van der Waals surface area contributed by atoms with Crippen LogP contribution in [0.5, 0.6) is 5.75 Å². The Morgan fingerprint density at radius 2 is 1.88 bits per heavy atom. The minimum absolute atomic E-state index is 0.202. The predicted molar refractivity (Wildman–Crippen MR) is 113 cm³/mol. The quantitative estimate of drug-likeness (QED) is 0.481. The minimum atomic E-state index is -4.68. The monoisotopic (exact) mass is 454 g/mol. The Balaban J connectivity index is 1.61. The van der Waals surface area contributed by atoms with Gasteiger partial charge in [0.15, 0.2) is 11.6 Å². The topological polar surface area (TPSA) is 106 Å². The van der Waals surface area contributed by atoms with Crippen molar-refractivity contribution in [3.05, 3.63) is 48.9 Å². The van der Waals surface area contributed by atoms with E-state index in [1.807, 2.05) is 30.3 Å². The van der Waals surface area contributed by atoms with E-state index < -0.39 is 23.2 Å². The van der Waals surface area contributed by atoms with Crippen molar-refractivity contribution < 1.29 is 23.1 Å². The molecule has 1 amide bonds. The number of aryl methyl sites for hydroxylation is 1. The molecule has 1 fully saturated rings. The van der Waals surface area contributed by atoms with E-state index in [0.29, 0.717) is 17.0 Å². The first-order valence-corrected chi connectivity index (χ1v) is 10.0. The molecule has 0 spiro atoms. The van der Waals surface area contributed by atoms with Gasteiger partial charge in [0.1, 0.15) is 28.6 Å². The van der Waals surface area contributed by atoms with Crippen LogP contribution in [0.1, 0.15) is 12.8 Å². The lowest BCUT2D eigenvalue weighted by Crippen LogP contribution is -2.37. The van der Waals surface area contributed by atoms with Gasteiger partial charge in [-0.1, -0.05) is 30.3 Å². The van der Waals surface area contributed by atoms with Crippen LogP contribution in [0.4, 0.5) is 19.0 Å². The molecule has 0 radical (unpaired) electrons. The van der Waals surface area contributed by atoms with Crippen LogP contribution in [0, 0.1) is 5.41 Å². The van der Waals surface area contributed by atoms with E-state index >= 15 is 0 Å². The van der Waals surface area contributed by atoms with E-state index in [1.54, 1.807) is 17.9 Å². The molecule has 33 heavy (non-hydrogen) atoms. The zero-order chi connectivity index (χ0) is 23.4. The molecule has 1 aromatic carbocycles. The lowest BCUT2D eigenvalue weighted by Gasteiger charge is -2.18. The fourth-order valence-corrected chi connectivity index (χ4v) is 3.73. The lowest BCUT2D eigenvalue weighted by molar-refractivity contribution is -0.189. The molecule has 4 aromatic rings. The molecule has 1 aliphatic rings. The van der Waals surface area contributed by atoms with Crippen LogP contribution < -0.4 is 5.32 Å². The first kappa shape index (κ1) is 20.9. The first-order valence-electron chi connectivity index (χ1n) is 10.0. The van der Waals surface area contributed by atoms with Crippen LogP contribution in [0.2, 0.25) is 0 Å². The average molecular weight is 454 g/mol. The number of anilines is 1. The maximum Gasteiger partial charge on any atom is 0.403 e. The van der Waals surface area contributed by atoms with Crippen LogP contribution >= 0.6 is 0 Å². The fraction of sp³-hybridized carbons (Fsp3) is 0.227. The summed E-state index contributed by atoms with van der Waals surface area (Å²) in [5, 5.41) is 17.0. The number of rotatable bonds is 4. The summed E-state index contributed by atoms with van der Waals surface area (Å²) in [4.78, 5) is 25.1. The third-order valence-corrected chi connectivity index (χ3v) is 5.68. The van der Waals surface area contributed by atoms with Gasteiger partial charge in [-0.15, -0.1) is 0 Å². The standard InChI is InChI=1S/C22H17F3N6O2/c1-31-10-13(16(30-31)12-5-3-2-4-6-12)17-18-14(26-11-27-17)9-15(32)19(28-18)29-20(33)21(7-8-21)22(23,24)25/h2-6,9-11,32H,7-8H2,1H3,(H,28,29,33). The third kappa shape index (κ3) is 3.45. The Morgan fingerprint density at radius 1 is 1.15 bits per heavy atom. The number of pyridine rings is 1. The van der Waals surface area contributed by atoms with Crippen molar-refractivity contribution in [1.82, 2.24) is 24.7 Å². The van der Waals surface area contributed by atoms with Crippen molar-refractivity contribution in [2.24, 2.45) is 12.5 Å². The number of nitrogens with zero attached hydrogens (tertiary/aromatic N) is 5. The molecule has 3 aromatic heterocycles. The Kier molecular flexibility index (Phi) is 4.59. The molecule has 0 aliphatic heterocycles. The van der Waals surface area contributed by atoms with Crippen molar-refractivity contribution in [3.63, 3.8) is 0 Å². The van der Waals surface area contributed by atoms with Crippen molar-refractivity contribution >= 4 is 22.8 Å². The number of amides is 1. The maximum atomic E-state index is 13.3. The van der Waals surface area contributed by atoms with Gasteiger partial charge in [-0.2, -0.15) is 18.3 Å². The molecule has 2 N–H and O–H groups in total. The molecule has 1 aliphatic carbocycles. The number of halogens is 3. The number of aromatic nitrogens is 5. The van der Waals surface area contributed by atoms with Crippen LogP contribution in [-0.2, 0) is 11.8 Å². The van der Waals surface area contributed by atoms with E-state index in [2.05, 4.69) is 25.4 Å². The molecular formula is C22H17F3N6O2.